The lowest BCUT2D eigenvalue weighted by molar-refractivity contribution is 0.982. The van der Waals surface area contributed by atoms with Crippen LogP contribution in [-0.4, -0.2) is 16.5 Å². The van der Waals surface area contributed by atoms with Crippen LogP contribution in [0.25, 0.3) is 0 Å². The monoisotopic (exact) mass is 386 g/mol. The summed E-state index contributed by atoms with van der Waals surface area (Å²) < 4.78 is 0. The SMILES string of the molecule is Cc1cc(NCCc2ccc(Cl)cc2Cl)nc(NCc2ccccc2)n1. The second-order valence-corrected chi connectivity index (χ2v) is 6.81. The van der Waals surface area contributed by atoms with Gasteiger partial charge >= 0.3 is 0 Å². The summed E-state index contributed by atoms with van der Waals surface area (Å²) in [6, 6.07) is 17.7. The second kappa shape index (κ2) is 8.88. The minimum absolute atomic E-state index is 0.612. The molecule has 0 atom stereocenters. The molecule has 0 saturated carbocycles. The molecule has 1 heterocycles. The van der Waals surface area contributed by atoms with E-state index in [-0.39, 0.29) is 0 Å². The van der Waals surface area contributed by atoms with Crippen LogP contribution in [-0.2, 0) is 13.0 Å². The Morgan fingerprint density at radius 3 is 2.50 bits per heavy atom. The Hall–Kier alpha value is -2.30. The molecule has 0 spiro atoms. The van der Waals surface area contributed by atoms with Gasteiger partial charge in [0.2, 0.25) is 5.95 Å². The molecule has 0 aliphatic rings. The Morgan fingerprint density at radius 2 is 1.73 bits per heavy atom. The zero-order chi connectivity index (χ0) is 18.4. The van der Waals surface area contributed by atoms with Gasteiger partial charge in [0, 0.05) is 34.9 Å². The molecule has 0 radical (unpaired) electrons. The molecule has 3 aromatic rings. The Kier molecular flexibility index (Phi) is 6.31. The second-order valence-electron chi connectivity index (χ2n) is 5.97. The lowest BCUT2D eigenvalue weighted by atomic mass is 10.1. The Morgan fingerprint density at radius 1 is 0.923 bits per heavy atom. The maximum atomic E-state index is 6.21. The Bertz CT molecular complexity index is 869. The van der Waals surface area contributed by atoms with Crippen LogP contribution in [0.15, 0.2) is 54.6 Å². The van der Waals surface area contributed by atoms with E-state index < -0.39 is 0 Å². The molecule has 26 heavy (non-hydrogen) atoms. The van der Waals surface area contributed by atoms with E-state index in [2.05, 4.69) is 32.7 Å². The molecular weight excluding hydrogens is 367 g/mol. The maximum Gasteiger partial charge on any atom is 0.225 e. The molecule has 0 bridgehead atoms. The van der Waals surface area contributed by atoms with Gasteiger partial charge in [-0.1, -0.05) is 59.6 Å². The first-order valence-corrected chi connectivity index (χ1v) is 9.17. The maximum absolute atomic E-state index is 6.21. The van der Waals surface area contributed by atoms with Gasteiger partial charge in [-0.25, -0.2) is 4.98 Å². The number of benzene rings is 2. The molecule has 134 valence electrons. The van der Waals surface area contributed by atoms with E-state index in [9.17, 15) is 0 Å². The summed E-state index contributed by atoms with van der Waals surface area (Å²) in [6.45, 7) is 3.36. The molecule has 3 rings (SSSR count). The molecule has 4 nitrogen and oxygen atoms in total. The summed E-state index contributed by atoms with van der Waals surface area (Å²) in [6.07, 6.45) is 0.784. The van der Waals surface area contributed by atoms with Gasteiger partial charge in [-0.2, -0.15) is 4.98 Å². The Labute approximate surface area is 163 Å². The fourth-order valence-corrected chi connectivity index (χ4v) is 3.07. The molecule has 0 unspecified atom stereocenters. The zero-order valence-corrected chi connectivity index (χ0v) is 16.0. The van der Waals surface area contributed by atoms with E-state index >= 15 is 0 Å². The van der Waals surface area contributed by atoms with Crippen molar-refractivity contribution in [3.8, 4) is 0 Å². The van der Waals surface area contributed by atoms with Gasteiger partial charge in [0.05, 0.1) is 0 Å². The molecule has 0 amide bonds. The highest BCUT2D eigenvalue weighted by Gasteiger charge is 2.04. The number of aromatic nitrogens is 2. The van der Waals surface area contributed by atoms with Crippen molar-refractivity contribution in [2.75, 3.05) is 17.2 Å². The van der Waals surface area contributed by atoms with Crippen LogP contribution in [0.3, 0.4) is 0 Å². The molecule has 2 N–H and O–H groups in total. The normalized spacial score (nSPS) is 10.6. The largest absolute Gasteiger partial charge is 0.370 e. The van der Waals surface area contributed by atoms with E-state index in [1.165, 1.54) is 5.56 Å². The number of rotatable bonds is 7. The van der Waals surface area contributed by atoms with Crippen LogP contribution in [0.4, 0.5) is 11.8 Å². The van der Waals surface area contributed by atoms with E-state index in [0.29, 0.717) is 22.5 Å². The summed E-state index contributed by atoms with van der Waals surface area (Å²) in [5, 5.41) is 7.93. The molecule has 2 aromatic carbocycles. The van der Waals surface area contributed by atoms with Crippen LogP contribution in [0.1, 0.15) is 16.8 Å². The summed E-state index contributed by atoms with van der Waals surface area (Å²) in [5.41, 5.74) is 3.14. The third kappa shape index (κ3) is 5.35. The van der Waals surface area contributed by atoms with Crippen molar-refractivity contribution < 1.29 is 0 Å². The van der Waals surface area contributed by atoms with E-state index in [1.54, 1.807) is 6.07 Å². The first kappa shape index (κ1) is 18.5. The predicted octanol–water partition coefficient (Wildman–Crippen LogP) is 5.36. The molecule has 0 saturated heterocycles. The molecule has 0 aliphatic heterocycles. The number of halogens is 2. The molecule has 6 heteroatoms. The topological polar surface area (TPSA) is 49.8 Å². The van der Waals surface area contributed by atoms with Crippen molar-refractivity contribution in [2.45, 2.75) is 19.9 Å². The third-order valence-corrected chi connectivity index (χ3v) is 4.45. The van der Waals surface area contributed by atoms with E-state index in [1.807, 2.05) is 43.3 Å². The summed E-state index contributed by atoms with van der Waals surface area (Å²) in [5.74, 6) is 1.40. The standard InChI is InChI=1S/C20H20Cl2N4/c1-14-11-19(23-10-9-16-7-8-17(21)12-18(16)22)26-20(25-14)24-13-15-5-3-2-4-6-15/h2-8,11-12H,9-10,13H2,1H3,(H2,23,24,25,26). The fourth-order valence-electron chi connectivity index (χ4n) is 2.56. The zero-order valence-electron chi connectivity index (χ0n) is 14.5. The van der Waals surface area contributed by atoms with Crippen LogP contribution in [0, 0.1) is 6.92 Å². The van der Waals surface area contributed by atoms with Gasteiger partial charge in [-0.15, -0.1) is 0 Å². The minimum Gasteiger partial charge on any atom is -0.370 e. The Balaban J connectivity index is 1.58. The van der Waals surface area contributed by atoms with Gasteiger partial charge in [-0.3, -0.25) is 0 Å². The average molecular weight is 387 g/mol. The smallest absolute Gasteiger partial charge is 0.225 e. The van der Waals surface area contributed by atoms with E-state index in [0.717, 1.165) is 30.0 Å². The molecular formula is C20H20Cl2N4. The average Bonchev–Trinajstić information content (AvgIpc) is 2.62. The van der Waals surface area contributed by atoms with Crippen molar-refractivity contribution in [2.24, 2.45) is 0 Å². The third-order valence-electron chi connectivity index (χ3n) is 3.86. The summed E-state index contributed by atoms with van der Waals surface area (Å²) in [4.78, 5) is 8.97. The number of hydrogen-bond donors (Lipinski definition) is 2. The van der Waals surface area contributed by atoms with Crippen molar-refractivity contribution in [3.63, 3.8) is 0 Å². The highest BCUT2D eigenvalue weighted by atomic mass is 35.5. The van der Waals surface area contributed by atoms with Crippen molar-refractivity contribution in [1.29, 1.82) is 0 Å². The van der Waals surface area contributed by atoms with Crippen molar-refractivity contribution in [3.05, 3.63) is 81.5 Å². The molecule has 0 aliphatic carbocycles. The van der Waals surface area contributed by atoms with Gasteiger partial charge in [0.25, 0.3) is 0 Å². The summed E-state index contributed by atoms with van der Waals surface area (Å²) in [7, 11) is 0. The van der Waals surface area contributed by atoms with Crippen LogP contribution < -0.4 is 10.6 Å². The first-order chi connectivity index (χ1) is 12.6. The van der Waals surface area contributed by atoms with Gasteiger partial charge in [0.1, 0.15) is 5.82 Å². The van der Waals surface area contributed by atoms with Gasteiger partial charge in [-0.05, 0) is 36.6 Å². The highest BCUT2D eigenvalue weighted by molar-refractivity contribution is 6.35. The van der Waals surface area contributed by atoms with Gasteiger partial charge < -0.3 is 10.6 Å². The number of anilines is 2. The van der Waals surface area contributed by atoms with Crippen LogP contribution in [0.2, 0.25) is 10.0 Å². The van der Waals surface area contributed by atoms with Crippen LogP contribution >= 0.6 is 23.2 Å². The number of aryl methyl sites for hydroxylation is 1. The van der Waals surface area contributed by atoms with Crippen LogP contribution in [0.5, 0.6) is 0 Å². The minimum atomic E-state index is 0.612. The lowest BCUT2D eigenvalue weighted by Gasteiger charge is -2.11. The number of hydrogen-bond acceptors (Lipinski definition) is 4. The lowest BCUT2D eigenvalue weighted by Crippen LogP contribution is -2.10. The van der Waals surface area contributed by atoms with Crippen molar-refractivity contribution in [1.82, 2.24) is 9.97 Å². The first-order valence-electron chi connectivity index (χ1n) is 8.41. The summed E-state index contributed by atoms with van der Waals surface area (Å²) >= 11 is 12.1. The highest BCUT2D eigenvalue weighted by Crippen LogP contribution is 2.21. The quantitative estimate of drug-likeness (QED) is 0.573. The molecule has 0 fully saturated rings. The van der Waals surface area contributed by atoms with E-state index in [4.69, 9.17) is 23.2 Å². The molecule has 1 aromatic heterocycles. The van der Waals surface area contributed by atoms with Gasteiger partial charge in [0.15, 0.2) is 0 Å². The van der Waals surface area contributed by atoms with Crippen molar-refractivity contribution >= 4 is 35.0 Å². The number of nitrogens with zero attached hydrogens (tertiary/aromatic N) is 2. The predicted molar refractivity (Wildman–Crippen MR) is 109 cm³/mol. The fraction of sp³-hybridized carbons (Fsp3) is 0.200. The number of nitrogens with one attached hydrogen (secondary N) is 2.